The van der Waals surface area contributed by atoms with Crippen LogP contribution >= 0.6 is 0 Å². The Hall–Kier alpha value is -1.67. The van der Waals surface area contributed by atoms with Gasteiger partial charge in [-0.1, -0.05) is 23.3 Å². The smallest absolute Gasteiger partial charge is 0.0463 e. The molecule has 2 rings (SSSR count). The van der Waals surface area contributed by atoms with Crippen molar-refractivity contribution in [3.05, 3.63) is 40.3 Å². The van der Waals surface area contributed by atoms with Crippen LogP contribution in [-0.4, -0.2) is 12.6 Å². The van der Waals surface area contributed by atoms with E-state index in [9.17, 15) is 0 Å². The van der Waals surface area contributed by atoms with Crippen LogP contribution in [0.4, 0.5) is 5.69 Å². The predicted molar refractivity (Wildman–Crippen MR) is 51.6 cm³/mol. The molecule has 0 fully saturated rings. The van der Waals surface area contributed by atoms with Gasteiger partial charge in [-0.25, -0.2) is 0 Å². The minimum atomic E-state index is 0.272. The lowest BCUT2D eigenvalue weighted by molar-refractivity contribution is 0.756. The van der Waals surface area contributed by atoms with E-state index in [1.165, 1.54) is 11.3 Å². The molecule has 1 aromatic rings. The monoisotopic (exact) mass is 174 g/mol. The molecule has 0 aromatic heterocycles. The van der Waals surface area contributed by atoms with Crippen LogP contribution in [-0.2, 0) is 6.42 Å². The Bertz CT molecular complexity index is 329. The Balaban J connectivity index is 2.09. The van der Waals surface area contributed by atoms with E-state index in [4.69, 9.17) is 5.53 Å². The van der Waals surface area contributed by atoms with Crippen LogP contribution in [0.2, 0.25) is 0 Å². The molecular formula is C9H10N4. The zero-order chi connectivity index (χ0) is 9.10. The van der Waals surface area contributed by atoms with Gasteiger partial charge in [0.15, 0.2) is 0 Å². The maximum atomic E-state index is 8.17. The van der Waals surface area contributed by atoms with Gasteiger partial charge in [-0.05, 0) is 23.6 Å². The third kappa shape index (κ3) is 1.58. The van der Waals surface area contributed by atoms with E-state index in [-0.39, 0.29) is 6.04 Å². The highest BCUT2D eigenvalue weighted by molar-refractivity contribution is 5.56. The van der Waals surface area contributed by atoms with E-state index in [2.05, 4.69) is 21.4 Å². The molecule has 0 aliphatic carbocycles. The molecule has 0 saturated heterocycles. The molecular weight excluding hydrogens is 164 g/mol. The molecule has 0 amide bonds. The number of fused-ring (bicyclic) bond motifs is 1. The average molecular weight is 174 g/mol. The van der Waals surface area contributed by atoms with Crippen molar-refractivity contribution in [3.63, 3.8) is 0 Å². The third-order valence-electron chi connectivity index (χ3n) is 2.21. The molecule has 1 heterocycles. The van der Waals surface area contributed by atoms with Gasteiger partial charge >= 0.3 is 0 Å². The molecule has 0 radical (unpaired) electrons. The molecule has 0 spiro atoms. The summed E-state index contributed by atoms with van der Waals surface area (Å²) in [5.41, 5.74) is 10.6. The molecule has 0 bridgehead atoms. The Morgan fingerprint density at radius 3 is 3.15 bits per heavy atom. The molecule has 4 heteroatoms. The lowest BCUT2D eigenvalue weighted by Crippen LogP contribution is -2.18. The summed E-state index contributed by atoms with van der Waals surface area (Å²) in [6, 6.07) is 8.44. The summed E-state index contributed by atoms with van der Waals surface area (Å²) in [4.78, 5) is 2.75. The SMILES string of the molecule is [N-]=[N+]=NC[C@@H]1Cc2ccccc2N1. The van der Waals surface area contributed by atoms with Gasteiger partial charge < -0.3 is 5.32 Å². The summed E-state index contributed by atoms with van der Waals surface area (Å²) in [5.74, 6) is 0. The Labute approximate surface area is 76.2 Å². The summed E-state index contributed by atoms with van der Waals surface area (Å²) >= 11 is 0. The van der Waals surface area contributed by atoms with Gasteiger partial charge in [0.2, 0.25) is 0 Å². The van der Waals surface area contributed by atoms with Gasteiger partial charge in [-0.15, -0.1) is 0 Å². The number of nitrogens with one attached hydrogen (secondary N) is 1. The summed E-state index contributed by atoms with van der Waals surface area (Å²) in [5, 5.41) is 6.86. The normalized spacial score (nSPS) is 18.6. The molecule has 4 nitrogen and oxygen atoms in total. The zero-order valence-electron chi connectivity index (χ0n) is 7.14. The standard InChI is InChI=1S/C9H10N4/c10-13-11-6-8-5-7-3-1-2-4-9(7)12-8/h1-4,8,12H,5-6H2/t8-/m0/s1. The number of benzene rings is 1. The molecule has 1 aliphatic rings. The van der Waals surface area contributed by atoms with Gasteiger partial charge in [0.25, 0.3) is 0 Å². The van der Waals surface area contributed by atoms with Crippen molar-refractivity contribution in [3.8, 4) is 0 Å². The van der Waals surface area contributed by atoms with Gasteiger partial charge in [-0.3, -0.25) is 0 Å². The fraction of sp³-hybridized carbons (Fsp3) is 0.333. The van der Waals surface area contributed by atoms with Crippen LogP contribution in [0.1, 0.15) is 5.56 Å². The molecule has 13 heavy (non-hydrogen) atoms. The van der Waals surface area contributed by atoms with Crippen LogP contribution in [0.25, 0.3) is 10.4 Å². The predicted octanol–water partition coefficient (Wildman–Crippen LogP) is 2.33. The molecule has 0 unspecified atom stereocenters. The lowest BCUT2D eigenvalue weighted by atomic mass is 10.1. The highest BCUT2D eigenvalue weighted by atomic mass is 15.1. The fourth-order valence-corrected chi connectivity index (χ4v) is 1.62. The molecule has 0 saturated carbocycles. The van der Waals surface area contributed by atoms with E-state index in [0.717, 1.165) is 6.42 Å². The highest BCUT2D eigenvalue weighted by Crippen LogP contribution is 2.24. The van der Waals surface area contributed by atoms with Crippen molar-refractivity contribution >= 4 is 5.69 Å². The van der Waals surface area contributed by atoms with Crippen molar-refractivity contribution in [2.45, 2.75) is 12.5 Å². The summed E-state index contributed by atoms with van der Waals surface area (Å²) < 4.78 is 0. The molecule has 1 atom stereocenters. The van der Waals surface area contributed by atoms with Crippen molar-refractivity contribution in [2.75, 3.05) is 11.9 Å². The van der Waals surface area contributed by atoms with Gasteiger partial charge in [-0.2, -0.15) is 0 Å². The zero-order valence-corrected chi connectivity index (χ0v) is 7.14. The van der Waals surface area contributed by atoms with Crippen molar-refractivity contribution in [1.29, 1.82) is 0 Å². The maximum absolute atomic E-state index is 8.17. The summed E-state index contributed by atoms with van der Waals surface area (Å²) in [6.45, 7) is 0.519. The number of nitrogens with zero attached hydrogens (tertiary/aromatic N) is 3. The molecule has 66 valence electrons. The van der Waals surface area contributed by atoms with Gasteiger partial charge in [0.1, 0.15) is 0 Å². The van der Waals surface area contributed by atoms with E-state index < -0.39 is 0 Å². The largest absolute Gasteiger partial charge is 0.382 e. The van der Waals surface area contributed by atoms with E-state index in [1.807, 2.05) is 18.2 Å². The lowest BCUT2D eigenvalue weighted by Gasteiger charge is -2.05. The quantitative estimate of drug-likeness (QED) is 0.417. The van der Waals surface area contributed by atoms with Crippen LogP contribution in [0.15, 0.2) is 29.4 Å². The Morgan fingerprint density at radius 1 is 1.54 bits per heavy atom. The van der Waals surface area contributed by atoms with Crippen molar-refractivity contribution in [2.24, 2.45) is 5.11 Å². The fourth-order valence-electron chi connectivity index (χ4n) is 1.62. The van der Waals surface area contributed by atoms with Crippen LogP contribution in [0, 0.1) is 0 Å². The number of hydrogen-bond acceptors (Lipinski definition) is 2. The van der Waals surface area contributed by atoms with Crippen LogP contribution < -0.4 is 5.32 Å². The molecule has 1 N–H and O–H groups in total. The average Bonchev–Trinajstić information content (AvgIpc) is 2.57. The number of anilines is 1. The minimum Gasteiger partial charge on any atom is -0.382 e. The van der Waals surface area contributed by atoms with Crippen LogP contribution in [0.3, 0.4) is 0 Å². The number of hydrogen-bond donors (Lipinski definition) is 1. The third-order valence-corrected chi connectivity index (χ3v) is 2.21. The summed E-state index contributed by atoms with van der Waals surface area (Å²) in [6.07, 6.45) is 0.954. The Kier molecular flexibility index (Phi) is 2.06. The first-order chi connectivity index (χ1) is 6.40. The number of rotatable bonds is 2. The van der Waals surface area contributed by atoms with Crippen molar-refractivity contribution < 1.29 is 0 Å². The maximum Gasteiger partial charge on any atom is 0.0463 e. The second-order valence-electron chi connectivity index (χ2n) is 3.12. The number of azide groups is 1. The topological polar surface area (TPSA) is 60.8 Å². The van der Waals surface area contributed by atoms with E-state index in [0.29, 0.717) is 6.54 Å². The first-order valence-electron chi connectivity index (χ1n) is 4.25. The van der Waals surface area contributed by atoms with Crippen LogP contribution in [0.5, 0.6) is 0 Å². The van der Waals surface area contributed by atoms with E-state index in [1.54, 1.807) is 0 Å². The van der Waals surface area contributed by atoms with E-state index >= 15 is 0 Å². The van der Waals surface area contributed by atoms with Gasteiger partial charge in [0.05, 0.1) is 0 Å². The minimum absolute atomic E-state index is 0.272. The van der Waals surface area contributed by atoms with Gasteiger partial charge in [0, 0.05) is 23.2 Å². The first-order valence-corrected chi connectivity index (χ1v) is 4.25. The highest BCUT2D eigenvalue weighted by Gasteiger charge is 2.18. The first kappa shape index (κ1) is 7.95. The van der Waals surface area contributed by atoms with Crippen molar-refractivity contribution in [1.82, 2.24) is 0 Å². The Morgan fingerprint density at radius 2 is 2.38 bits per heavy atom. The summed E-state index contributed by atoms with van der Waals surface area (Å²) in [7, 11) is 0. The molecule has 1 aromatic carbocycles. The second-order valence-corrected chi connectivity index (χ2v) is 3.12. The number of para-hydroxylation sites is 1. The molecule has 1 aliphatic heterocycles. The second kappa shape index (κ2) is 3.37.